The first-order valence-electron chi connectivity index (χ1n) is 9.54. The van der Waals surface area contributed by atoms with E-state index < -0.39 is 0 Å². The largest absolute Gasteiger partial charge is 0.354 e. The summed E-state index contributed by atoms with van der Waals surface area (Å²) in [4.78, 5) is 9.29. The molecule has 0 bridgehead atoms. The lowest BCUT2D eigenvalue weighted by atomic mass is 10.1. The molecule has 0 aliphatic carbocycles. The number of fused-ring (bicyclic) bond motifs is 1. The van der Waals surface area contributed by atoms with Crippen molar-refractivity contribution in [1.29, 1.82) is 0 Å². The van der Waals surface area contributed by atoms with Crippen molar-refractivity contribution in [3.8, 4) is 16.8 Å². The number of likely N-dealkylation sites (N-methyl/N-ethyl adjacent to an activating group) is 1. The number of aryl methyl sites for hydroxylation is 1. The zero-order valence-electron chi connectivity index (χ0n) is 16.2. The smallest absolute Gasteiger partial charge is 0.130 e. The van der Waals surface area contributed by atoms with Crippen molar-refractivity contribution in [2.24, 2.45) is 7.05 Å². The molecule has 4 heterocycles. The Morgan fingerprint density at radius 2 is 1.71 bits per heavy atom. The maximum atomic E-state index is 4.65. The molecule has 5 rings (SSSR count). The van der Waals surface area contributed by atoms with Gasteiger partial charge in [0.25, 0.3) is 0 Å². The monoisotopic (exact) mass is 373 g/mol. The van der Waals surface area contributed by atoms with Crippen LogP contribution in [0.25, 0.3) is 27.7 Å². The fraction of sp³-hybridized carbons (Fsp3) is 0.286. The molecule has 3 aromatic heterocycles. The molecule has 0 saturated carbocycles. The Bertz CT molecular complexity index is 1120. The Hall–Kier alpha value is -3.19. The van der Waals surface area contributed by atoms with Crippen molar-refractivity contribution in [2.45, 2.75) is 0 Å². The molecule has 1 fully saturated rings. The quantitative estimate of drug-likeness (QED) is 0.552. The molecule has 1 aliphatic heterocycles. The van der Waals surface area contributed by atoms with Gasteiger partial charge in [-0.25, -0.2) is 9.67 Å². The highest BCUT2D eigenvalue weighted by atomic mass is 15.3. The summed E-state index contributed by atoms with van der Waals surface area (Å²) in [6.07, 6.45) is 7.71. The van der Waals surface area contributed by atoms with Crippen LogP contribution in [0, 0.1) is 0 Å². The number of rotatable bonds is 3. The van der Waals surface area contributed by atoms with Crippen LogP contribution in [0.1, 0.15) is 0 Å². The van der Waals surface area contributed by atoms with Crippen molar-refractivity contribution < 1.29 is 0 Å². The second kappa shape index (κ2) is 6.76. The first-order chi connectivity index (χ1) is 13.7. The van der Waals surface area contributed by atoms with Crippen LogP contribution in [0.3, 0.4) is 0 Å². The average molecular weight is 373 g/mol. The molecule has 0 unspecified atom stereocenters. The maximum absolute atomic E-state index is 4.65. The summed E-state index contributed by atoms with van der Waals surface area (Å²) >= 11 is 0. The van der Waals surface area contributed by atoms with Crippen LogP contribution >= 0.6 is 0 Å². The summed E-state index contributed by atoms with van der Waals surface area (Å²) in [6, 6.07) is 10.6. The van der Waals surface area contributed by atoms with Crippen LogP contribution in [-0.4, -0.2) is 62.7 Å². The van der Waals surface area contributed by atoms with Crippen LogP contribution in [0.4, 0.5) is 5.82 Å². The maximum Gasteiger partial charge on any atom is 0.130 e. The van der Waals surface area contributed by atoms with E-state index in [1.807, 2.05) is 47.3 Å². The summed E-state index contributed by atoms with van der Waals surface area (Å²) in [5, 5.41) is 10.0. The Kier molecular flexibility index (Phi) is 4.09. The Morgan fingerprint density at radius 1 is 0.857 bits per heavy atom. The van der Waals surface area contributed by atoms with Gasteiger partial charge in [-0.2, -0.15) is 10.2 Å². The van der Waals surface area contributed by atoms with Crippen LogP contribution < -0.4 is 4.90 Å². The van der Waals surface area contributed by atoms with Crippen LogP contribution in [0.2, 0.25) is 0 Å². The summed E-state index contributed by atoms with van der Waals surface area (Å²) < 4.78 is 3.82. The summed E-state index contributed by atoms with van der Waals surface area (Å²) in [6.45, 7) is 4.12. The van der Waals surface area contributed by atoms with Gasteiger partial charge in [0, 0.05) is 62.6 Å². The fourth-order valence-corrected chi connectivity index (χ4v) is 3.72. The van der Waals surface area contributed by atoms with Crippen molar-refractivity contribution in [2.75, 3.05) is 38.1 Å². The van der Waals surface area contributed by atoms with E-state index in [0.29, 0.717) is 0 Å². The minimum atomic E-state index is 0.998. The van der Waals surface area contributed by atoms with Gasteiger partial charge in [0.05, 0.1) is 23.6 Å². The molecule has 0 N–H and O–H groups in total. The van der Waals surface area contributed by atoms with Crippen molar-refractivity contribution in [1.82, 2.24) is 29.4 Å². The molecule has 7 nitrogen and oxygen atoms in total. The molecule has 7 heteroatoms. The SMILES string of the molecule is CN1CCN(c2cc(-n3ncc4ccc(-c5cnn(C)c5)cc43)ccn2)CC1. The number of aromatic nitrogens is 5. The van der Waals surface area contributed by atoms with Crippen LogP contribution in [0.15, 0.2) is 55.1 Å². The lowest BCUT2D eigenvalue weighted by molar-refractivity contribution is 0.312. The molecule has 0 atom stereocenters. The first-order valence-corrected chi connectivity index (χ1v) is 9.54. The molecular formula is C21H23N7. The van der Waals surface area contributed by atoms with Gasteiger partial charge in [0.2, 0.25) is 0 Å². The topological polar surface area (TPSA) is 55.0 Å². The minimum Gasteiger partial charge on any atom is -0.354 e. The fourth-order valence-electron chi connectivity index (χ4n) is 3.72. The number of hydrogen-bond acceptors (Lipinski definition) is 5. The molecular weight excluding hydrogens is 350 g/mol. The molecule has 1 saturated heterocycles. The lowest BCUT2D eigenvalue weighted by Crippen LogP contribution is -2.44. The van der Waals surface area contributed by atoms with Gasteiger partial charge in [-0.1, -0.05) is 12.1 Å². The first kappa shape index (κ1) is 16.9. The van der Waals surface area contributed by atoms with E-state index in [9.17, 15) is 0 Å². The Balaban J connectivity index is 1.53. The van der Waals surface area contributed by atoms with Crippen molar-refractivity contribution in [3.63, 3.8) is 0 Å². The summed E-state index contributed by atoms with van der Waals surface area (Å²) in [5.41, 5.74) is 4.35. The van der Waals surface area contributed by atoms with E-state index in [4.69, 9.17) is 0 Å². The molecule has 1 aromatic carbocycles. The molecule has 142 valence electrons. The van der Waals surface area contributed by atoms with E-state index >= 15 is 0 Å². The highest BCUT2D eigenvalue weighted by Crippen LogP contribution is 2.26. The zero-order chi connectivity index (χ0) is 19.1. The van der Waals surface area contributed by atoms with Crippen LogP contribution in [-0.2, 0) is 7.05 Å². The molecule has 0 spiro atoms. The van der Waals surface area contributed by atoms with E-state index in [1.54, 1.807) is 0 Å². The molecule has 1 aliphatic rings. The minimum absolute atomic E-state index is 0.998. The number of piperazine rings is 1. The third kappa shape index (κ3) is 3.03. The molecule has 0 radical (unpaired) electrons. The molecule has 28 heavy (non-hydrogen) atoms. The van der Waals surface area contributed by atoms with E-state index in [2.05, 4.69) is 56.3 Å². The Labute approximate surface area is 163 Å². The summed E-state index contributed by atoms with van der Waals surface area (Å²) in [7, 11) is 4.10. The van der Waals surface area contributed by atoms with Gasteiger partial charge in [-0.3, -0.25) is 4.68 Å². The lowest BCUT2D eigenvalue weighted by Gasteiger charge is -2.33. The number of hydrogen-bond donors (Lipinski definition) is 0. The standard InChI is InChI=1S/C21H23N7/c1-25-7-9-27(10-8-25)21-12-19(5-6-22-21)28-20-11-16(3-4-17(20)13-24-28)18-14-23-26(2)15-18/h3-6,11-15H,7-10H2,1-2H3. The summed E-state index contributed by atoms with van der Waals surface area (Å²) in [5.74, 6) is 1.01. The number of anilines is 1. The number of benzene rings is 1. The van der Waals surface area contributed by atoms with Gasteiger partial charge in [0.1, 0.15) is 5.82 Å². The number of nitrogens with zero attached hydrogens (tertiary/aromatic N) is 7. The zero-order valence-corrected chi connectivity index (χ0v) is 16.2. The molecule has 4 aromatic rings. The third-order valence-corrected chi connectivity index (χ3v) is 5.41. The highest BCUT2D eigenvalue weighted by Gasteiger charge is 2.16. The van der Waals surface area contributed by atoms with Crippen molar-refractivity contribution in [3.05, 3.63) is 55.1 Å². The predicted molar refractivity (Wildman–Crippen MR) is 111 cm³/mol. The highest BCUT2D eigenvalue weighted by molar-refractivity contribution is 5.85. The van der Waals surface area contributed by atoms with E-state index in [1.165, 1.54) is 0 Å². The van der Waals surface area contributed by atoms with E-state index in [-0.39, 0.29) is 0 Å². The van der Waals surface area contributed by atoms with Gasteiger partial charge in [0.15, 0.2) is 0 Å². The molecule has 0 amide bonds. The number of pyridine rings is 1. The van der Waals surface area contributed by atoms with Gasteiger partial charge in [-0.05, 0) is 24.7 Å². The van der Waals surface area contributed by atoms with Gasteiger partial charge < -0.3 is 9.80 Å². The van der Waals surface area contributed by atoms with Crippen LogP contribution in [0.5, 0.6) is 0 Å². The predicted octanol–water partition coefficient (Wildman–Crippen LogP) is 2.57. The van der Waals surface area contributed by atoms with Crippen molar-refractivity contribution >= 4 is 16.7 Å². The van der Waals surface area contributed by atoms with E-state index in [0.717, 1.165) is 59.7 Å². The second-order valence-electron chi connectivity index (χ2n) is 7.40. The van der Waals surface area contributed by atoms with Gasteiger partial charge in [-0.15, -0.1) is 0 Å². The Morgan fingerprint density at radius 3 is 2.50 bits per heavy atom. The second-order valence-corrected chi connectivity index (χ2v) is 7.40. The third-order valence-electron chi connectivity index (χ3n) is 5.41. The normalized spacial score (nSPS) is 15.4. The van der Waals surface area contributed by atoms with Gasteiger partial charge >= 0.3 is 0 Å². The average Bonchev–Trinajstić information content (AvgIpc) is 3.34.